The summed E-state index contributed by atoms with van der Waals surface area (Å²) >= 11 is 0. The van der Waals surface area contributed by atoms with Gasteiger partial charge in [0.1, 0.15) is 12.1 Å². The van der Waals surface area contributed by atoms with Gasteiger partial charge in [0.25, 0.3) is 0 Å². The number of hydrogen-bond donors (Lipinski definition) is 2. The van der Waals surface area contributed by atoms with Gasteiger partial charge in [-0.3, -0.25) is 9.59 Å². The Bertz CT molecular complexity index is 536. The molecule has 1 rings (SSSR count). The lowest BCUT2D eigenvalue weighted by atomic mass is 10.0. The summed E-state index contributed by atoms with van der Waals surface area (Å²) in [6, 6.07) is -0.943. The Kier molecular flexibility index (Phi) is 8.45. The van der Waals surface area contributed by atoms with Gasteiger partial charge in [-0.25, -0.2) is 4.79 Å². The van der Waals surface area contributed by atoms with Crippen molar-refractivity contribution in [2.75, 3.05) is 0 Å². The van der Waals surface area contributed by atoms with Crippen LogP contribution in [0.4, 0.5) is 0 Å². The van der Waals surface area contributed by atoms with Gasteiger partial charge in [0.05, 0.1) is 22.5 Å². The van der Waals surface area contributed by atoms with Crippen molar-refractivity contribution in [1.82, 2.24) is 5.32 Å². The molecule has 1 aliphatic carbocycles. The number of esters is 1. The molecule has 8 heteroatoms. The first-order valence-electron chi connectivity index (χ1n) is 8.63. The summed E-state index contributed by atoms with van der Waals surface area (Å²) in [5.74, 6) is -1.40. The third-order valence-electron chi connectivity index (χ3n) is 3.57. The molecule has 0 aromatic rings. The van der Waals surface area contributed by atoms with E-state index in [0.29, 0.717) is 0 Å². The first-order chi connectivity index (χ1) is 11.7. The number of nitrogens with zero attached hydrogens (tertiary/aromatic N) is 1. The molecular weight excluding hydrogens is 326 g/mol. The summed E-state index contributed by atoms with van der Waals surface area (Å²) in [5.41, 5.74) is 6.65. The van der Waals surface area contributed by atoms with Crippen LogP contribution in [0.1, 0.15) is 53.4 Å². The van der Waals surface area contributed by atoms with Gasteiger partial charge in [-0.1, -0.05) is 13.8 Å². The Morgan fingerprint density at radius 2 is 1.88 bits per heavy atom. The van der Waals surface area contributed by atoms with Gasteiger partial charge in [-0.2, -0.15) is 0 Å². The largest absolute Gasteiger partial charge is 0.461 e. The number of ether oxygens (including phenoxy) is 2. The molecule has 0 radical (unpaired) electrons. The number of carbonyl (C=O) groups excluding carboxylic acids is 3. The Balaban J connectivity index is 2.74. The van der Waals surface area contributed by atoms with Gasteiger partial charge in [0.15, 0.2) is 0 Å². The predicted octanol–water partition coefficient (Wildman–Crippen LogP) is 1.29. The van der Waals surface area contributed by atoms with Crippen molar-refractivity contribution in [3.8, 4) is 0 Å². The van der Waals surface area contributed by atoms with Crippen LogP contribution in [0.5, 0.6) is 0 Å². The van der Waals surface area contributed by atoms with Crippen LogP contribution in [0.3, 0.4) is 0 Å². The standard InChI is InChI=1S/C17H27N3O5/c1-10(2)15(25-13-6-7-13)16(22)20-14(17(23)24-11(3)4)8-5-12(21)9-19-18/h9-11,13-15,18H,5-8H2,1-4H3/p+1/t14-,15-/m0/s1. The fraction of sp³-hybridized carbons (Fsp3) is 0.765. The van der Waals surface area contributed by atoms with Crippen LogP contribution in [0.25, 0.3) is 0 Å². The summed E-state index contributed by atoms with van der Waals surface area (Å²) in [6.07, 6.45) is 1.95. The minimum absolute atomic E-state index is 0.0175. The molecule has 2 atom stereocenters. The highest BCUT2D eigenvalue weighted by atomic mass is 16.5. The zero-order valence-corrected chi connectivity index (χ0v) is 15.3. The predicted molar refractivity (Wildman–Crippen MR) is 89.2 cm³/mol. The number of amides is 1. The number of rotatable bonds is 11. The number of hydrogen-bond acceptors (Lipinski definition) is 6. The second kappa shape index (κ2) is 10.1. The molecule has 1 saturated carbocycles. The fourth-order valence-electron chi connectivity index (χ4n) is 2.17. The maximum absolute atomic E-state index is 12.5. The summed E-state index contributed by atoms with van der Waals surface area (Å²) in [5, 5.41) is 2.65. The van der Waals surface area contributed by atoms with E-state index >= 15 is 0 Å². The van der Waals surface area contributed by atoms with Crippen LogP contribution in [-0.2, 0) is 23.9 Å². The van der Waals surface area contributed by atoms with E-state index in [1.54, 1.807) is 13.8 Å². The molecule has 25 heavy (non-hydrogen) atoms. The van der Waals surface area contributed by atoms with Crippen LogP contribution in [0.15, 0.2) is 0 Å². The molecule has 0 unspecified atom stereocenters. The van der Waals surface area contributed by atoms with Gasteiger partial charge in [-0.15, -0.1) is 0 Å². The molecule has 0 aliphatic heterocycles. The molecule has 8 nitrogen and oxygen atoms in total. The second-order valence-corrected chi connectivity index (χ2v) is 6.81. The van der Waals surface area contributed by atoms with Crippen LogP contribution in [0, 0.1) is 11.4 Å². The van der Waals surface area contributed by atoms with E-state index in [1.165, 1.54) is 0 Å². The lowest BCUT2D eigenvalue weighted by Gasteiger charge is -2.24. The molecule has 1 aliphatic rings. The van der Waals surface area contributed by atoms with Crippen LogP contribution in [-0.4, -0.2) is 53.0 Å². The van der Waals surface area contributed by atoms with Gasteiger partial charge >= 0.3 is 12.2 Å². The highest BCUT2D eigenvalue weighted by Gasteiger charge is 2.34. The maximum atomic E-state index is 12.5. The molecule has 0 spiro atoms. The Hall–Kier alpha value is -2.05. The lowest BCUT2D eigenvalue weighted by Crippen LogP contribution is -2.49. The first-order valence-corrected chi connectivity index (χ1v) is 8.63. The summed E-state index contributed by atoms with van der Waals surface area (Å²) < 4.78 is 10.9. The summed E-state index contributed by atoms with van der Waals surface area (Å²) in [4.78, 5) is 39.2. The van der Waals surface area contributed by atoms with Crippen LogP contribution in [0.2, 0.25) is 0 Å². The van der Waals surface area contributed by atoms with Crippen LogP contribution < -0.4 is 5.32 Å². The number of ketones is 1. The van der Waals surface area contributed by atoms with Crippen molar-refractivity contribution in [3.63, 3.8) is 0 Å². The van der Waals surface area contributed by atoms with E-state index in [-0.39, 0.29) is 42.7 Å². The quantitative estimate of drug-likeness (QED) is 0.251. The third-order valence-corrected chi connectivity index (χ3v) is 3.57. The molecule has 1 amide bonds. The first kappa shape index (κ1) is 21.0. The lowest BCUT2D eigenvalue weighted by molar-refractivity contribution is -0.153. The van der Waals surface area contributed by atoms with Crippen LogP contribution >= 0.6 is 0 Å². The van der Waals surface area contributed by atoms with Crippen molar-refractivity contribution in [2.24, 2.45) is 5.92 Å². The Labute approximate surface area is 147 Å². The third kappa shape index (κ3) is 8.05. The minimum Gasteiger partial charge on any atom is -0.461 e. The highest BCUT2D eigenvalue weighted by Crippen LogP contribution is 2.27. The summed E-state index contributed by atoms with van der Waals surface area (Å²) in [6.45, 7) is 7.17. The SMILES string of the molecule is CC(C)OC(=O)[C@H](CCC(=O)C=[N+]=N)NC(=O)[C@@H](OC1CC1)C(C)C. The van der Waals surface area contributed by atoms with Gasteiger partial charge in [0, 0.05) is 6.42 Å². The van der Waals surface area contributed by atoms with E-state index in [2.05, 4.69) is 10.1 Å². The van der Waals surface area contributed by atoms with Crippen molar-refractivity contribution in [1.29, 1.82) is 5.53 Å². The molecule has 1 fully saturated rings. The number of nitrogens with one attached hydrogen (secondary N) is 2. The van der Waals surface area contributed by atoms with E-state index < -0.39 is 18.1 Å². The molecule has 0 bridgehead atoms. The number of carbonyl (C=O) groups is 3. The maximum Gasteiger partial charge on any atom is 0.372 e. The van der Waals surface area contributed by atoms with E-state index in [1.807, 2.05) is 13.8 Å². The van der Waals surface area contributed by atoms with E-state index in [9.17, 15) is 14.4 Å². The van der Waals surface area contributed by atoms with E-state index in [0.717, 1.165) is 19.1 Å². The molecule has 2 N–H and O–H groups in total. The molecule has 0 saturated heterocycles. The molecule has 0 aromatic carbocycles. The highest BCUT2D eigenvalue weighted by molar-refractivity contribution is 6.25. The van der Waals surface area contributed by atoms with E-state index in [4.69, 9.17) is 15.0 Å². The van der Waals surface area contributed by atoms with Crippen molar-refractivity contribution < 1.29 is 28.6 Å². The zero-order chi connectivity index (χ0) is 19.0. The number of Topliss-reactive ketones (excluding diaryl/α,β-unsaturated/α-hetero) is 1. The average Bonchev–Trinajstić information content (AvgIpc) is 3.32. The minimum atomic E-state index is -0.943. The van der Waals surface area contributed by atoms with Gasteiger partial charge in [-0.05, 0) is 39.0 Å². The van der Waals surface area contributed by atoms with Gasteiger partial charge < -0.3 is 14.8 Å². The molecular formula is C17H28N3O5+. The smallest absolute Gasteiger partial charge is 0.372 e. The van der Waals surface area contributed by atoms with Gasteiger partial charge in [0.2, 0.25) is 11.7 Å². The summed E-state index contributed by atoms with van der Waals surface area (Å²) in [7, 11) is 0. The topological polar surface area (TPSA) is 120 Å². The average molecular weight is 354 g/mol. The fourth-order valence-corrected chi connectivity index (χ4v) is 2.17. The molecule has 0 heterocycles. The van der Waals surface area contributed by atoms with Crippen molar-refractivity contribution >= 4 is 23.9 Å². The second-order valence-electron chi connectivity index (χ2n) is 6.81. The zero-order valence-electron chi connectivity index (χ0n) is 15.3. The monoisotopic (exact) mass is 354 g/mol. The Morgan fingerprint density at radius 3 is 2.36 bits per heavy atom. The molecule has 0 aromatic heterocycles. The van der Waals surface area contributed by atoms with Crippen molar-refractivity contribution in [3.05, 3.63) is 0 Å². The van der Waals surface area contributed by atoms with Crippen molar-refractivity contribution in [2.45, 2.75) is 77.7 Å². The normalized spacial score (nSPS) is 16.1. The molecule has 140 valence electrons. The Morgan fingerprint density at radius 1 is 1.24 bits per heavy atom.